The third-order valence-corrected chi connectivity index (χ3v) is 7.48. The largest absolute Gasteiger partial charge is 0.394 e. The number of ether oxygens (including phenoxy) is 2. The maximum Gasteiger partial charge on any atom is 0.111 e. The van der Waals surface area contributed by atoms with Crippen LogP contribution in [0.2, 0.25) is 0 Å². The van der Waals surface area contributed by atoms with Gasteiger partial charge in [-0.05, 0) is 35.1 Å². The van der Waals surface area contributed by atoms with Gasteiger partial charge in [0.15, 0.2) is 0 Å². The summed E-state index contributed by atoms with van der Waals surface area (Å²) in [5, 5.41) is 41.6. The molecule has 4 N–H and O–H groups in total. The van der Waals surface area contributed by atoms with Gasteiger partial charge >= 0.3 is 0 Å². The second-order valence-corrected chi connectivity index (χ2v) is 10.1. The first-order chi connectivity index (χ1) is 15.2. The number of halogens is 1. The van der Waals surface area contributed by atoms with Gasteiger partial charge in [0, 0.05) is 16.4 Å². The molecule has 0 amide bonds. The molecule has 1 aromatic rings. The highest BCUT2D eigenvalue weighted by atomic mass is 35.5. The molecule has 2 heterocycles. The van der Waals surface area contributed by atoms with Crippen molar-refractivity contribution < 1.29 is 29.9 Å². The average Bonchev–Trinajstić information content (AvgIpc) is 3.10. The van der Waals surface area contributed by atoms with Gasteiger partial charge in [-0.25, -0.2) is 0 Å². The Kier molecular flexibility index (Phi) is 6.86. The first-order valence-electron chi connectivity index (χ1n) is 11.3. The van der Waals surface area contributed by atoms with E-state index in [-0.39, 0.29) is 5.41 Å². The van der Waals surface area contributed by atoms with Crippen molar-refractivity contribution in [3.63, 3.8) is 0 Å². The van der Waals surface area contributed by atoms with Crippen molar-refractivity contribution in [2.75, 3.05) is 13.2 Å². The summed E-state index contributed by atoms with van der Waals surface area (Å²) in [5.41, 5.74) is 3.97. The number of aliphatic hydroxyl groups is 4. The Bertz CT molecular complexity index is 890. The molecule has 6 nitrogen and oxygen atoms in total. The predicted octanol–water partition coefficient (Wildman–Crippen LogP) is 2.11. The average molecular weight is 465 g/mol. The van der Waals surface area contributed by atoms with E-state index in [0.29, 0.717) is 18.1 Å². The number of hydrogen-bond donors (Lipinski definition) is 4. The molecule has 2 unspecified atom stereocenters. The normalized spacial score (nSPS) is 36.8. The molecular formula is C25H33ClO6. The van der Waals surface area contributed by atoms with Crippen molar-refractivity contribution in [3.8, 4) is 0 Å². The molecule has 4 rings (SSSR count). The first-order valence-corrected chi connectivity index (χ1v) is 11.7. The second kappa shape index (κ2) is 9.18. The van der Waals surface area contributed by atoms with E-state index in [4.69, 9.17) is 21.1 Å². The van der Waals surface area contributed by atoms with Gasteiger partial charge in [-0.15, -0.1) is 0 Å². The number of aryl methyl sites for hydroxylation is 1. The van der Waals surface area contributed by atoms with Crippen molar-refractivity contribution in [2.24, 2.45) is 11.3 Å². The lowest BCUT2D eigenvalue weighted by atomic mass is 9.72. The summed E-state index contributed by atoms with van der Waals surface area (Å²) < 4.78 is 12.0. The van der Waals surface area contributed by atoms with Crippen LogP contribution in [0.3, 0.4) is 0 Å². The fourth-order valence-electron chi connectivity index (χ4n) is 5.10. The number of benzene rings is 1. The van der Waals surface area contributed by atoms with Crippen LogP contribution in [0.4, 0.5) is 0 Å². The van der Waals surface area contributed by atoms with Crippen LogP contribution >= 0.6 is 11.6 Å². The van der Waals surface area contributed by atoms with Crippen LogP contribution in [-0.2, 0) is 22.3 Å². The molecule has 0 aromatic heterocycles. The van der Waals surface area contributed by atoms with Crippen LogP contribution in [0.1, 0.15) is 31.9 Å². The monoisotopic (exact) mass is 464 g/mol. The SMILES string of the molecule is CCc1ccc(CC2=CC([C@@H]3O[C@H](CO)[C@@H](O)[C@H](O)[C@H]3O)C3OCC(C)(C)C3=C2Cl)cc1. The van der Waals surface area contributed by atoms with Gasteiger partial charge in [0.1, 0.15) is 24.4 Å². The Hall–Kier alpha value is -1.25. The van der Waals surface area contributed by atoms with Crippen molar-refractivity contribution in [3.05, 3.63) is 57.6 Å². The molecule has 0 radical (unpaired) electrons. The van der Waals surface area contributed by atoms with Crippen molar-refractivity contribution in [1.29, 1.82) is 0 Å². The molecule has 0 spiro atoms. The zero-order chi connectivity index (χ0) is 23.2. The highest BCUT2D eigenvalue weighted by molar-refractivity contribution is 6.32. The lowest BCUT2D eigenvalue weighted by Crippen LogP contribution is -2.61. The summed E-state index contributed by atoms with van der Waals surface area (Å²) in [6.45, 7) is 6.29. The minimum absolute atomic E-state index is 0.292. The van der Waals surface area contributed by atoms with Crippen LogP contribution in [-0.4, -0.2) is 70.3 Å². The molecule has 2 fully saturated rings. The zero-order valence-electron chi connectivity index (χ0n) is 18.7. The highest BCUT2D eigenvalue weighted by Crippen LogP contribution is 2.50. The predicted molar refractivity (Wildman–Crippen MR) is 121 cm³/mol. The summed E-state index contributed by atoms with van der Waals surface area (Å²) in [6, 6.07) is 8.42. The molecule has 176 valence electrons. The Balaban J connectivity index is 1.71. The van der Waals surface area contributed by atoms with Crippen LogP contribution in [0.25, 0.3) is 0 Å². The number of fused-ring (bicyclic) bond motifs is 1. The molecular weight excluding hydrogens is 432 g/mol. The molecule has 7 heteroatoms. The molecule has 7 atom stereocenters. The van der Waals surface area contributed by atoms with Crippen molar-refractivity contribution >= 4 is 11.6 Å². The Morgan fingerprint density at radius 2 is 1.69 bits per heavy atom. The number of rotatable bonds is 5. The van der Waals surface area contributed by atoms with Gasteiger partial charge in [-0.2, -0.15) is 0 Å². The van der Waals surface area contributed by atoms with E-state index < -0.39 is 49.1 Å². The number of aliphatic hydroxyl groups excluding tert-OH is 4. The summed E-state index contributed by atoms with van der Waals surface area (Å²) in [4.78, 5) is 0. The molecule has 32 heavy (non-hydrogen) atoms. The smallest absolute Gasteiger partial charge is 0.111 e. The zero-order valence-corrected chi connectivity index (χ0v) is 19.5. The van der Waals surface area contributed by atoms with Gasteiger partial charge in [0.05, 0.1) is 25.4 Å². The Morgan fingerprint density at radius 3 is 2.31 bits per heavy atom. The second-order valence-electron chi connectivity index (χ2n) is 9.75. The van der Waals surface area contributed by atoms with Crippen LogP contribution < -0.4 is 0 Å². The van der Waals surface area contributed by atoms with E-state index in [1.165, 1.54) is 5.56 Å². The third-order valence-electron chi connectivity index (χ3n) is 7.03. The number of allylic oxidation sites excluding steroid dienone is 2. The quantitative estimate of drug-likeness (QED) is 0.532. The summed E-state index contributed by atoms with van der Waals surface area (Å²) in [5.74, 6) is -0.426. The van der Waals surface area contributed by atoms with Gasteiger partial charge in [-0.3, -0.25) is 0 Å². The molecule has 0 saturated carbocycles. The van der Waals surface area contributed by atoms with Crippen LogP contribution in [0, 0.1) is 11.3 Å². The first kappa shape index (κ1) is 23.9. The topological polar surface area (TPSA) is 99.4 Å². The van der Waals surface area contributed by atoms with Crippen LogP contribution in [0.5, 0.6) is 0 Å². The molecule has 0 bridgehead atoms. The number of hydrogen-bond acceptors (Lipinski definition) is 6. The fraction of sp³-hybridized carbons (Fsp3) is 0.600. The summed E-state index contributed by atoms with van der Waals surface area (Å²) >= 11 is 6.92. The highest BCUT2D eigenvalue weighted by Gasteiger charge is 2.53. The Morgan fingerprint density at radius 1 is 1.03 bits per heavy atom. The molecule has 1 aromatic carbocycles. The maximum absolute atomic E-state index is 10.8. The molecule has 2 saturated heterocycles. The summed E-state index contributed by atoms with van der Waals surface area (Å²) in [6.07, 6.45) is -2.83. The van der Waals surface area contributed by atoms with E-state index in [2.05, 4.69) is 45.0 Å². The third kappa shape index (κ3) is 4.18. The van der Waals surface area contributed by atoms with Gasteiger partial charge in [-0.1, -0.05) is 62.7 Å². The van der Waals surface area contributed by atoms with Gasteiger partial charge in [0.2, 0.25) is 0 Å². The molecule has 3 aliphatic rings. The summed E-state index contributed by atoms with van der Waals surface area (Å²) in [7, 11) is 0. The van der Waals surface area contributed by atoms with Crippen LogP contribution in [0.15, 0.2) is 46.5 Å². The standard InChI is InChI=1S/C25H33ClO6/c1-4-13-5-7-14(8-6-13)9-15-10-16(23-18(19(15)26)25(2,3)12-31-23)24-22(30)21(29)20(28)17(11-27)32-24/h5-8,10,16-17,20-24,27-30H,4,9,11-12H2,1-3H3/t16?,17-,20-,21+,22-,23?,24+/m1/s1. The minimum atomic E-state index is -1.43. The lowest BCUT2D eigenvalue weighted by Gasteiger charge is -2.45. The van der Waals surface area contributed by atoms with Gasteiger partial charge < -0.3 is 29.9 Å². The lowest BCUT2D eigenvalue weighted by molar-refractivity contribution is -0.242. The minimum Gasteiger partial charge on any atom is -0.394 e. The van der Waals surface area contributed by atoms with E-state index in [1.54, 1.807) is 0 Å². The molecule has 2 aliphatic heterocycles. The van der Waals surface area contributed by atoms with Gasteiger partial charge in [0.25, 0.3) is 0 Å². The van der Waals surface area contributed by atoms with E-state index in [1.807, 2.05) is 6.08 Å². The molecule has 1 aliphatic carbocycles. The van der Waals surface area contributed by atoms with E-state index >= 15 is 0 Å². The van der Waals surface area contributed by atoms with Crippen molar-refractivity contribution in [1.82, 2.24) is 0 Å². The Labute approximate surface area is 194 Å². The van der Waals surface area contributed by atoms with E-state index in [9.17, 15) is 20.4 Å². The van der Waals surface area contributed by atoms with Crippen molar-refractivity contribution in [2.45, 2.75) is 70.2 Å². The van der Waals surface area contributed by atoms with E-state index in [0.717, 1.165) is 23.1 Å². The fourth-order valence-corrected chi connectivity index (χ4v) is 5.59. The maximum atomic E-state index is 10.8.